The molecular formula is C14H23N3O3. The minimum Gasteiger partial charge on any atom is -0.480 e. The van der Waals surface area contributed by atoms with E-state index in [0.29, 0.717) is 12.8 Å². The number of carboxylic acid groups (broad SMARTS) is 1. The Bertz CT molecular complexity index is 439. The highest BCUT2D eigenvalue weighted by Crippen LogP contribution is 2.41. The maximum Gasteiger partial charge on any atom is 0.318 e. The molecule has 0 aliphatic heterocycles. The van der Waals surface area contributed by atoms with Crippen LogP contribution in [0.5, 0.6) is 0 Å². The van der Waals surface area contributed by atoms with Gasteiger partial charge in [-0.05, 0) is 12.5 Å². The van der Waals surface area contributed by atoms with E-state index in [1.54, 1.807) is 12.2 Å². The summed E-state index contributed by atoms with van der Waals surface area (Å²) in [7, 11) is 0. The average Bonchev–Trinajstić information content (AvgIpc) is 2.36. The van der Waals surface area contributed by atoms with E-state index in [-0.39, 0.29) is 11.7 Å². The van der Waals surface area contributed by atoms with Gasteiger partial charge in [0.15, 0.2) is 5.96 Å². The van der Waals surface area contributed by atoms with Crippen LogP contribution in [0.15, 0.2) is 28.9 Å². The molecule has 0 aromatic rings. The van der Waals surface area contributed by atoms with Crippen LogP contribution in [0, 0.1) is 5.41 Å². The molecule has 1 aliphatic carbocycles. The molecule has 0 saturated heterocycles. The van der Waals surface area contributed by atoms with E-state index in [9.17, 15) is 15.0 Å². The Hall–Kier alpha value is -1.82. The van der Waals surface area contributed by atoms with E-state index in [1.165, 1.54) is 6.08 Å². The maximum atomic E-state index is 11.8. The lowest BCUT2D eigenvalue weighted by Crippen LogP contribution is -2.45. The number of carbonyl (C=O) groups is 1. The van der Waals surface area contributed by atoms with E-state index in [2.05, 4.69) is 11.9 Å². The summed E-state index contributed by atoms with van der Waals surface area (Å²) < 4.78 is 0. The smallest absolute Gasteiger partial charge is 0.318 e. The Labute approximate surface area is 118 Å². The van der Waals surface area contributed by atoms with Crippen LogP contribution in [-0.4, -0.2) is 28.2 Å². The highest BCUT2D eigenvalue weighted by molar-refractivity contribution is 5.83. The van der Waals surface area contributed by atoms with Gasteiger partial charge < -0.3 is 21.7 Å². The third-order valence-corrected chi connectivity index (χ3v) is 3.57. The molecule has 6 nitrogen and oxygen atoms in total. The van der Waals surface area contributed by atoms with Crippen molar-refractivity contribution in [2.45, 2.75) is 45.1 Å². The fourth-order valence-electron chi connectivity index (χ4n) is 2.44. The number of aliphatic hydroxyl groups excluding tert-OH is 1. The number of hydrogen-bond donors (Lipinski definition) is 4. The summed E-state index contributed by atoms with van der Waals surface area (Å²) in [6, 6.07) is 0. The van der Waals surface area contributed by atoms with Crippen LogP contribution < -0.4 is 11.5 Å². The SMILES string of the molecule is CCCCCCC1(C(=O)O)C(N=C(N)N)=CC=CC1O. The van der Waals surface area contributed by atoms with Crippen molar-refractivity contribution in [1.29, 1.82) is 0 Å². The van der Waals surface area contributed by atoms with E-state index < -0.39 is 17.5 Å². The van der Waals surface area contributed by atoms with Crippen LogP contribution in [0.1, 0.15) is 39.0 Å². The monoisotopic (exact) mass is 281 g/mol. The fourth-order valence-corrected chi connectivity index (χ4v) is 2.44. The molecule has 0 spiro atoms. The number of guanidine groups is 1. The van der Waals surface area contributed by atoms with Crippen molar-refractivity contribution >= 4 is 11.9 Å². The van der Waals surface area contributed by atoms with Crippen LogP contribution >= 0.6 is 0 Å². The van der Waals surface area contributed by atoms with Crippen molar-refractivity contribution in [2.75, 3.05) is 0 Å². The number of aliphatic hydroxyl groups is 1. The molecule has 6 N–H and O–H groups in total. The number of aliphatic imine (C=N–C) groups is 1. The summed E-state index contributed by atoms with van der Waals surface area (Å²) in [5.41, 5.74) is 9.45. The van der Waals surface area contributed by atoms with Crippen molar-refractivity contribution in [3.05, 3.63) is 23.9 Å². The lowest BCUT2D eigenvalue weighted by Gasteiger charge is -2.35. The molecule has 112 valence electrons. The van der Waals surface area contributed by atoms with Gasteiger partial charge in [0.1, 0.15) is 5.41 Å². The molecule has 20 heavy (non-hydrogen) atoms. The number of nitrogens with two attached hydrogens (primary N) is 2. The van der Waals surface area contributed by atoms with Crippen molar-refractivity contribution in [3.63, 3.8) is 0 Å². The van der Waals surface area contributed by atoms with Gasteiger partial charge in [-0.1, -0.05) is 44.8 Å². The van der Waals surface area contributed by atoms with Crippen molar-refractivity contribution in [3.8, 4) is 0 Å². The van der Waals surface area contributed by atoms with Gasteiger partial charge in [-0.25, -0.2) is 4.99 Å². The van der Waals surface area contributed by atoms with Crippen molar-refractivity contribution in [2.24, 2.45) is 21.9 Å². The number of allylic oxidation sites excluding steroid dienone is 2. The molecule has 2 atom stereocenters. The average molecular weight is 281 g/mol. The topological polar surface area (TPSA) is 122 Å². The second kappa shape index (κ2) is 7.09. The zero-order valence-corrected chi connectivity index (χ0v) is 11.7. The van der Waals surface area contributed by atoms with E-state index >= 15 is 0 Å². The molecule has 0 radical (unpaired) electrons. The Kier molecular flexibility index (Phi) is 5.76. The highest BCUT2D eigenvalue weighted by Gasteiger charge is 2.48. The molecule has 0 aromatic carbocycles. The standard InChI is InChI=1S/C14H23N3O3/c1-2-3-4-5-9-14(12(19)20)10(17-13(15)16)7-6-8-11(14)18/h6-8,11,18H,2-5,9H2,1H3,(H,19,20)(H4,15,16,17). The summed E-state index contributed by atoms with van der Waals surface area (Å²) in [5.74, 6) is -1.32. The van der Waals surface area contributed by atoms with Gasteiger partial charge in [0.2, 0.25) is 0 Å². The first-order chi connectivity index (χ1) is 9.45. The Morgan fingerprint density at radius 1 is 1.40 bits per heavy atom. The predicted octanol–water partition coefficient (Wildman–Crippen LogP) is 1.12. The second-order valence-corrected chi connectivity index (χ2v) is 5.01. The molecule has 2 unspecified atom stereocenters. The quantitative estimate of drug-likeness (QED) is 0.316. The minimum atomic E-state index is -1.47. The molecule has 0 bridgehead atoms. The third-order valence-electron chi connectivity index (χ3n) is 3.57. The van der Waals surface area contributed by atoms with Crippen LogP contribution in [0.25, 0.3) is 0 Å². The molecule has 0 amide bonds. The number of aliphatic carboxylic acids is 1. The van der Waals surface area contributed by atoms with Crippen LogP contribution in [0.3, 0.4) is 0 Å². The number of hydrogen-bond acceptors (Lipinski definition) is 3. The van der Waals surface area contributed by atoms with Crippen molar-refractivity contribution in [1.82, 2.24) is 0 Å². The van der Waals surface area contributed by atoms with Crippen LogP contribution in [-0.2, 0) is 4.79 Å². The molecule has 6 heteroatoms. The summed E-state index contributed by atoms with van der Waals surface area (Å²) in [4.78, 5) is 15.7. The normalized spacial score (nSPS) is 25.1. The first-order valence-electron chi connectivity index (χ1n) is 6.85. The van der Waals surface area contributed by atoms with Crippen molar-refractivity contribution < 1.29 is 15.0 Å². The second-order valence-electron chi connectivity index (χ2n) is 5.01. The summed E-state index contributed by atoms with van der Waals surface area (Å²) in [5, 5.41) is 19.8. The first kappa shape index (κ1) is 16.2. The predicted molar refractivity (Wildman–Crippen MR) is 77.9 cm³/mol. The summed E-state index contributed by atoms with van der Waals surface area (Å²) in [6.45, 7) is 2.08. The van der Waals surface area contributed by atoms with E-state index in [1.807, 2.05) is 0 Å². The molecule has 0 fully saturated rings. The number of carboxylic acids is 1. The van der Waals surface area contributed by atoms with Gasteiger partial charge in [0.25, 0.3) is 0 Å². The Morgan fingerprint density at radius 3 is 2.65 bits per heavy atom. The molecule has 0 aromatic heterocycles. The van der Waals surface area contributed by atoms with Crippen LogP contribution in [0.2, 0.25) is 0 Å². The van der Waals surface area contributed by atoms with Gasteiger partial charge in [-0.2, -0.15) is 0 Å². The zero-order chi connectivity index (χ0) is 15.2. The zero-order valence-electron chi connectivity index (χ0n) is 11.7. The molecule has 0 saturated carbocycles. The maximum absolute atomic E-state index is 11.8. The number of nitrogens with zero attached hydrogens (tertiary/aromatic N) is 1. The lowest BCUT2D eigenvalue weighted by molar-refractivity contribution is -0.152. The van der Waals surface area contributed by atoms with Gasteiger partial charge in [-0.3, -0.25) is 4.79 Å². The van der Waals surface area contributed by atoms with E-state index in [4.69, 9.17) is 11.5 Å². The molecule has 1 rings (SSSR count). The largest absolute Gasteiger partial charge is 0.480 e. The summed E-state index contributed by atoms with van der Waals surface area (Å²) in [6.07, 6.45) is 7.43. The molecule has 0 heterocycles. The van der Waals surface area contributed by atoms with Gasteiger partial charge in [0.05, 0.1) is 11.8 Å². The number of rotatable bonds is 7. The Balaban J connectivity index is 3.05. The number of unbranched alkanes of at least 4 members (excludes halogenated alkanes) is 3. The third kappa shape index (κ3) is 3.39. The molecule has 1 aliphatic rings. The van der Waals surface area contributed by atoms with Gasteiger partial charge in [-0.15, -0.1) is 0 Å². The molecular weight excluding hydrogens is 258 g/mol. The van der Waals surface area contributed by atoms with Gasteiger partial charge >= 0.3 is 5.97 Å². The van der Waals surface area contributed by atoms with Gasteiger partial charge in [0, 0.05) is 0 Å². The fraction of sp³-hybridized carbons (Fsp3) is 0.571. The summed E-state index contributed by atoms with van der Waals surface area (Å²) >= 11 is 0. The Morgan fingerprint density at radius 2 is 2.10 bits per heavy atom. The van der Waals surface area contributed by atoms with Crippen LogP contribution in [0.4, 0.5) is 0 Å². The van der Waals surface area contributed by atoms with E-state index in [0.717, 1.165) is 19.3 Å². The first-order valence-corrected chi connectivity index (χ1v) is 6.85. The minimum absolute atomic E-state index is 0.205. The highest BCUT2D eigenvalue weighted by atomic mass is 16.4. The lowest BCUT2D eigenvalue weighted by atomic mass is 9.72.